The van der Waals surface area contributed by atoms with Crippen LogP contribution in [0.3, 0.4) is 0 Å². The molecule has 0 saturated heterocycles. The van der Waals surface area contributed by atoms with E-state index in [1.54, 1.807) is 127 Å². The lowest BCUT2D eigenvalue weighted by atomic mass is 10.1. The van der Waals surface area contributed by atoms with Crippen molar-refractivity contribution in [3.63, 3.8) is 0 Å². The maximum atomic E-state index is 5.94. The zero-order valence-electron chi connectivity index (χ0n) is 31.6. The molecule has 56 heavy (non-hydrogen) atoms. The van der Waals surface area contributed by atoms with Gasteiger partial charge in [0, 0.05) is 66.1 Å². The highest BCUT2D eigenvalue weighted by Gasteiger charge is 2.37. The second-order valence-electron chi connectivity index (χ2n) is 12.1. The summed E-state index contributed by atoms with van der Waals surface area (Å²) in [5, 5.41) is 0. The van der Waals surface area contributed by atoms with E-state index in [0.717, 1.165) is 87.8 Å². The minimum Gasteiger partial charge on any atom is -0.497 e. The van der Waals surface area contributed by atoms with Crippen molar-refractivity contribution in [3.05, 3.63) is 81.3 Å². The fourth-order valence-corrected chi connectivity index (χ4v) is 15.5. The van der Waals surface area contributed by atoms with Crippen LogP contribution < -0.4 is 37.9 Å². The number of benzene rings is 4. The summed E-state index contributed by atoms with van der Waals surface area (Å²) in [7, 11) is 13.5. The molecule has 0 bridgehead atoms. The van der Waals surface area contributed by atoms with Crippen LogP contribution in [-0.4, -0.2) is 56.9 Å². The number of thiophene rings is 2. The molecule has 2 aliphatic heterocycles. The normalized spacial score (nSPS) is 13.0. The van der Waals surface area contributed by atoms with E-state index in [4.69, 9.17) is 37.9 Å². The van der Waals surface area contributed by atoms with Gasteiger partial charge in [-0.2, -0.15) is 0 Å². The number of rotatable bonds is 12. The van der Waals surface area contributed by atoms with E-state index >= 15 is 0 Å². The summed E-state index contributed by atoms with van der Waals surface area (Å²) in [6.45, 7) is 0. The molecule has 0 amide bonds. The molecule has 0 unspecified atom stereocenters. The Balaban J connectivity index is 1.28. The SMILES string of the molecule is COc1ccc(-c2sc(-c3ccc(OC)cc3OC)c3c2SC(=C2Sc4c(-c5ccc(OC)cc5OC)sc(-c5ccc(OC)cc5OC)c4S2)S3)c(OC)c1. The van der Waals surface area contributed by atoms with Crippen LogP contribution in [0.4, 0.5) is 0 Å². The van der Waals surface area contributed by atoms with Crippen LogP contribution in [0.5, 0.6) is 46.0 Å². The zero-order chi connectivity index (χ0) is 39.1. The van der Waals surface area contributed by atoms with Gasteiger partial charge in [0.15, 0.2) is 0 Å². The average molecular weight is 861 g/mol. The minimum absolute atomic E-state index is 0.735. The van der Waals surface area contributed by atoms with Crippen LogP contribution in [0, 0.1) is 0 Å². The molecule has 0 spiro atoms. The van der Waals surface area contributed by atoms with E-state index in [1.165, 1.54) is 28.1 Å². The fourth-order valence-electron chi connectivity index (χ4n) is 6.41. The molecule has 0 N–H and O–H groups in total. The Kier molecular flexibility index (Phi) is 11.3. The van der Waals surface area contributed by atoms with E-state index < -0.39 is 0 Å². The largest absolute Gasteiger partial charge is 0.497 e. The van der Waals surface area contributed by atoms with Crippen LogP contribution in [0.15, 0.2) is 101 Å². The highest BCUT2D eigenvalue weighted by molar-refractivity contribution is 8.30. The quantitative estimate of drug-likeness (QED) is 0.118. The van der Waals surface area contributed by atoms with Gasteiger partial charge in [-0.1, -0.05) is 47.0 Å². The molecule has 14 heteroatoms. The Bertz CT molecular complexity index is 2170. The number of fused-ring (bicyclic) bond motifs is 2. The smallest absolute Gasteiger partial charge is 0.131 e. The van der Waals surface area contributed by atoms with Gasteiger partial charge in [0.2, 0.25) is 0 Å². The predicted octanol–water partition coefficient (Wildman–Crippen LogP) is 12.8. The Hall–Kier alpha value is -4.18. The highest BCUT2D eigenvalue weighted by atomic mass is 32.2. The van der Waals surface area contributed by atoms with Crippen molar-refractivity contribution in [3.8, 4) is 87.8 Å². The monoisotopic (exact) mass is 860 g/mol. The number of hydrogen-bond acceptors (Lipinski definition) is 14. The molecule has 288 valence electrons. The molecular formula is C42H36O8S6. The topological polar surface area (TPSA) is 73.8 Å². The maximum Gasteiger partial charge on any atom is 0.131 e. The first-order valence-electron chi connectivity index (χ1n) is 17.1. The zero-order valence-corrected chi connectivity index (χ0v) is 36.5. The Labute approximate surface area is 350 Å². The molecule has 0 aliphatic carbocycles. The molecule has 0 atom stereocenters. The van der Waals surface area contributed by atoms with E-state index in [-0.39, 0.29) is 0 Å². The first-order chi connectivity index (χ1) is 27.4. The van der Waals surface area contributed by atoms with Gasteiger partial charge in [0.1, 0.15) is 46.0 Å². The number of thioether (sulfide) groups is 4. The Morgan fingerprint density at radius 2 is 0.536 bits per heavy atom. The second kappa shape index (κ2) is 16.4. The number of ether oxygens (including phenoxy) is 8. The van der Waals surface area contributed by atoms with Crippen molar-refractivity contribution in [2.75, 3.05) is 56.9 Å². The molecule has 0 saturated carbocycles. The van der Waals surface area contributed by atoms with Gasteiger partial charge in [-0.25, -0.2) is 0 Å². The van der Waals surface area contributed by atoms with E-state index in [9.17, 15) is 0 Å². The summed E-state index contributed by atoms with van der Waals surface area (Å²) in [6, 6.07) is 24.0. The van der Waals surface area contributed by atoms with Crippen LogP contribution in [-0.2, 0) is 0 Å². The van der Waals surface area contributed by atoms with Crippen molar-refractivity contribution in [1.82, 2.24) is 0 Å². The van der Waals surface area contributed by atoms with Crippen LogP contribution >= 0.6 is 69.7 Å². The van der Waals surface area contributed by atoms with Crippen molar-refractivity contribution in [2.24, 2.45) is 0 Å². The Morgan fingerprint density at radius 3 is 0.732 bits per heavy atom. The summed E-state index contributed by atoms with van der Waals surface area (Å²) in [6.07, 6.45) is 0. The number of methoxy groups -OCH3 is 8. The minimum atomic E-state index is 0.735. The molecule has 2 aromatic heterocycles. The molecule has 2 aliphatic rings. The summed E-state index contributed by atoms with van der Waals surface area (Å²) in [5.74, 6) is 5.93. The molecule has 4 heterocycles. The molecule has 4 aromatic carbocycles. The van der Waals surface area contributed by atoms with Crippen molar-refractivity contribution in [1.29, 1.82) is 0 Å². The summed E-state index contributed by atoms with van der Waals surface area (Å²) in [4.78, 5) is 9.22. The standard InChI is InChI=1S/C42H36O8S6/c1-43-21-9-13-25(29(17-21)47-5)33-37-38(34(51-33)26-14-10-22(44-2)18-30(26)48-6)54-41(53-37)42-55-39-35(27-15-11-23(45-3)19-31(27)49-7)52-36(40(39)56-42)28-16-12-24(46-4)20-32(28)50-8/h9-20H,1-8H3. The van der Waals surface area contributed by atoms with Crippen molar-refractivity contribution >= 4 is 69.7 Å². The highest BCUT2D eigenvalue weighted by Crippen LogP contribution is 2.70. The molecule has 0 radical (unpaired) electrons. The predicted molar refractivity (Wildman–Crippen MR) is 233 cm³/mol. The lowest BCUT2D eigenvalue weighted by Crippen LogP contribution is -1.90. The van der Waals surface area contributed by atoms with Gasteiger partial charge in [0.05, 0.1) is 84.9 Å². The number of hydrogen-bond donors (Lipinski definition) is 0. The third kappa shape index (κ3) is 6.83. The third-order valence-corrected chi connectivity index (χ3v) is 18.0. The first-order valence-corrected chi connectivity index (χ1v) is 21.9. The third-order valence-electron chi connectivity index (χ3n) is 9.20. The Morgan fingerprint density at radius 1 is 0.304 bits per heavy atom. The lowest BCUT2D eigenvalue weighted by Gasteiger charge is -2.12. The summed E-state index contributed by atoms with van der Waals surface area (Å²) < 4.78 is 48.4. The molecule has 8 rings (SSSR count). The molecular weight excluding hydrogens is 825 g/mol. The van der Waals surface area contributed by atoms with Gasteiger partial charge < -0.3 is 37.9 Å². The van der Waals surface area contributed by atoms with Crippen molar-refractivity contribution in [2.45, 2.75) is 19.6 Å². The van der Waals surface area contributed by atoms with Crippen LogP contribution in [0.1, 0.15) is 0 Å². The van der Waals surface area contributed by atoms with Gasteiger partial charge >= 0.3 is 0 Å². The first kappa shape index (κ1) is 38.7. The summed E-state index contributed by atoms with van der Waals surface area (Å²) in [5.41, 5.74) is 4.00. The molecule has 8 nitrogen and oxygen atoms in total. The molecule has 6 aromatic rings. The van der Waals surface area contributed by atoms with Gasteiger partial charge in [-0.15, -0.1) is 22.7 Å². The van der Waals surface area contributed by atoms with Gasteiger partial charge in [-0.05, 0) is 48.5 Å². The maximum absolute atomic E-state index is 5.94. The van der Waals surface area contributed by atoms with Gasteiger partial charge in [0.25, 0.3) is 0 Å². The second-order valence-corrected chi connectivity index (χ2v) is 18.7. The van der Waals surface area contributed by atoms with E-state index in [1.807, 2.05) is 48.5 Å². The van der Waals surface area contributed by atoms with Crippen LogP contribution in [0.25, 0.3) is 41.8 Å². The van der Waals surface area contributed by atoms with E-state index in [2.05, 4.69) is 24.3 Å². The van der Waals surface area contributed by atoms with Gasteiger partial charge in [-0.3, -0.25) is 0 Å². The van der Waals surface area contributed by atoms with E-state index in [0.29, 0.717) is 0 Å². The van der Waals surface area contributed by atoms with Crippen molar-refractivity contribution < 1.29 is 37.9 Å². The molecule has 0 fully saturated rings. The summed E-state index contributed by atoms with van der Waals surface area (Å²) >= 11 is 10.7. The fraction of sp³-hybridized carbons (Fsp3) is 0.190. The average Bonchev–Trinajstić information content (AvgIpc) is 4.03. The lowest BCUT2D eigenvalue weighted by molar-refractivity contribution is 0.395. The van der Waals surface area contributed by atoms with Crippen LogP contribution in [0.2, 0.25) is 0 Å².